The third-order valence-electron chi connectivity index (χ3n) is 4.71. The van der Waals surface area contributed by atoms with Crippen molar-refractivity contribution in [3.63, 3.8) is 0 Å². The number of pyridine rings is 1. The molecular formula is C19H21N3. The van der Waals surface area contributed by atoms with Gasteiger partial charge in [-0.25, -0.2) is 0 Å². The molecule has 3 aromatic rings. The van der Waals surface area contributed by atoms with Crippen LogP contribution in [0.5, 0.6) is 0 Å². The number of likely N-dealkylation sites (N-methyl/N-ethyl adjacent to an activating group) is 1. The molecule has 0 atom stereocenters. The van der Waals surface area contributed by atoms with Crippen LogP contribution < -0.4 is 0 Å². The van der Waals surface area contributed by atoms with Crippen LogP contribution >= 0.6 is 0 Å². The lowest BCUT2D eigenvalue weighted by atomic mass is 10.1. The van der Waals surface area contributed by atoms with Gasteiger partial charge in [-0.2, -0.15) is 0 Å². The zero-order valence-electron chi connectivity index (χ0n) is 13.0. The molecule has 3 heteroatoms. The molecule has 1 aliphatic rings. The number of benzene rings is 1. The molecule has 1 aliphatic heterocycles. The Labute approximate surface area is 131 Å². The van der Waals surface area contributed by atoms with Crippen molar-refractivity contribution in [2.45, 2.75) is 19.4 Å². The van der Waals surface area contributed by atoms with Crippen LogP contribution in [-0.2, 0) is 19.4 Å². The maximum Gasteiger partial charge on any atom is 0.0651 e. The third kappa shape index (κ3) is 2.32. The van der Waals surface area contributed by atoms with Crippen molar-refractivity contribution in [3.05, 3.63) is 65.6 Å². The van der Waals surface area contributed by atoms with E-state index in [1.165, 1.54) is 22.2 Å². The van der Waals surface area contributed by atoms with Crippen LogP contribution in [0.2, 0.25) is 0 Å². The van der Waals surface area contributed by atoms with Crippen molar-refractivity contribution in [1.82, 2.24) is 14.5 Å². The van der Waals surface area contributed by atoms with Gasteiger partial charge in [0.15, 0.2) is 0 Å². The Morgan fingerprint density at radius 3 is 2.68 bits per heavy atom. The fraction of sp³-hybridized carbons (Fsp3) is 0.316. The predicted octanol–water partition coefficient (Wildman–Crippen LogP) is 3.12. The lowest BCUT2D eigenvalue weighted by Crippen LogP contribution is -2.21. The summed E-state index contributed by atoms with van der Waals surface area (Å²) in [6, 6.07) is 15.0. The molecule has 0 unspecified atom stereocenters. The molecule has 0 N–H and O–H groups in total. The van der Waals surface area contributed by atoms with Crippen molar-refractivity contribution < 1.29 is 0 Å². The summed E-state index contributed by atoms with van der Waals surface area (Å²) in [5.41, 5.74) is 5.51. The van der Waals surface area contributed by atoms with Gasteiger partial charge in [0.05, 0.1) is 12.2 Å². The van der Waals surface area contributed by atoms with E-state index in [1.807, 2.05) is 12.3 Å². The number of hydrogen-bond acceptors (Lipinski definition) is 2. The van der Waals surface area contributed by atoms with E-state index >= 15 is 0 Å². The summed E-state index contributed by atoms with van der Waals surface area (Å²) >= 11 is 0. The Hall–Kier alpha value is -2.13. The highest BCUT2D eigenvalue weighted by Gasteiger charge is 2.20. The van der Waals surface area contributed by atoms with Crippen molar-refractivity contribution in [1.29, 1.82) is 0 Å². The van der Waals surface area contributed by atoms with Crippen LogP contribution in [0, 0.1) is 0 Å². The first-order chi connectivity index (χ1) is 10.8. The van der Waals surface area contributed by atoms with Crippen LogP contribution in [0.1, 0.15) is 17.0 Å². The maximum absolute atomic E-state index is 4.52. The van der Waals surface area contributed by atoms with E-state index in [2.05, 4.69) is 57.9 Å². The van der Waals surface area contributed by atoms with Gasteiger partial charge < -0.3 is 9.47 Å². The first kappa shape index (κ1) is 13.5. The molecular weight excluding hydrogens is 270 g/mol. The van der Waals surface area contributed by atoms with Gasteiger partial charge in [0.2, 0.25) is 0 Å². The van der Waals surface area contributed by atoms with E-state index in [-0.39, 0.29) is 0 Å². The average molecular weight is 291 g/mol. The molecule has 0 amide bonds. The molecule has 0 bridgehead atoms. The Morgan fingerprint density at radius 2 is 1.82 bits per heavy atom. The quantitative estimate of drug-likeness (QED) is 0.723. The Kier molecular flexibility index (Phi) is 3.43. The number of rotatable bonds is 2. The molecule has 2 aromatic heterocycles. The number of fused-ring (bicyclic) bond motifs is 3. The van der Waals surface area contributed by atoms with E-state index in [0.29, 0.717) is 0 Å². The Balaban J connectivity index is 1.86. The van der Waals surface area contributed by atoms with Crippen molar-refractivity contribution in [2.75, 3.05) is 20.1 Å². The minimum absolute atomic E-state index is 0.862. The molecule has 0 spiro atoms. The molecule has 0 saturated heterocycles. The van der Waals surface area contributed by atoms with Gasteiger partial charge in [-0.1, -0.05) is 24.3 Å². The minimum atomic E-state index is 0.862. The molecule has 1 aromatic carbocycles. The van der Waals surface area contributed by atoms with Crippen LogP contribution in [0.4, 0.5) is 0 Å². The van der Waals surface area contributed by atoms with Crippen LogP contribution in [0.15, 0.2) is 48.7 Å². The molecule has 0 radical (unpaired) electrons. The summed E-state index contributed by atoms with van der Waals surface area (Å²) in [4.78, 5) is 6.95. The molecule has 112 valence electrons. The largest absolute Gasteiger partial charge is 0.338 e. The van der Waals surface area contributed by atoms with Gasteiger partial charge in [-0.15, -0.1) is 0 Å². The summed E-state index contributed by atoms with van der Waals surface area (Å²) in [6.07, 6.45) is 4.14. The fourth-order valence-corrected chi connectivity index (χ4v) is 3.54. The molecule has 3 heterocycles. The van der Waals surface area contributed by atoms with E-state index < -0.39 is 0 Å². The second-order valence-corrected chi connectivity index (χ2v) is 6.15. The third-order valence-corrected chi connectivity index (χ3v) is 4.71. The number of aromatic nitrogens is 2. The molecule has 0 aliphatic carbocycles. The highest BCUT2D eigenvalue weighted by molar-refractivity contribution is 5.85. The normalized spacial score (nSPS) is 15.7. The topological polar surface area (TPSA) is 21.1 Å². The summed E-state index contributed by atoms with van der Waals surface area (Å²) in [7, 11) is 2.22. The first-order valence-corrected chi connectivity index (χ1v) is 8.00. The highest BCUT2D eigenvalue weighted by atomic mass is 15.1. The zero-order chi connectivity index (χ0) is 14.9. The standard InChI is InChI=1S/C19H21N3/c1-21-12-9-17-16-7-2-3-8-18(16)22(19(17)10-13-21)14-15-6-4-5-11-20-15/h2-8,11H,9-10,12-14H2,1H3. The SMILES string of the molecule is CN1CCc2c(n(Cc3ccccn3)c3ccccc23)CC1. The zero-order valence-corrected chi connectivity index (χ0v) is 13.0. The van der Waals surface area contributed by atoms with Crippen molar-refractivity contribution in [2.24, 2.45) is 0 Å². The maximum atomic E-state index is 4.52. The van der Waals surface area contributed by atoms with E-state index in [1.54, 1.807) is 0 Å². The average Bonchev–Trinajstić information content (AvgIpc) is 2.71. The predicted molar refractivity (Wildman–Crippen MR) is 90.2 cm³/mol. The Bertz CT molecular complexity index is 789. The van der Waals surface area contributed by atoms with Crippen molar-refractivity contribution >= 4 is 10.9 Å². The molecule has 0 saturated carbocycles. The minimum Gasteiger partial charge on any atom is -0.338 e. The van der Waals surface area contributed by atoms with Gasteiger partial charge in [0.1, 0.15) is 0 Å². The lowest BCUT2D eigenvalue weighted by molar-refractivity contribution is 0.351. The van der Waals surface area contributed by atoms with Crippen LogP contribution in [-0.4, -0.2) is 34.6 Å². The fourth-order valence-electron chi connectivity index (χ4n) is 3.54. The van der Waals surface area contributed by atoms with Gasteiger partial charge in [-0.05, 0) is 37.2 Å². The van der Waals surface area contributed by atoms with Crippen LogP contribution in [0.3, 0.4) is 0 Å². The monoisotopic (exact) mass is 291 g/mol. The number of para-hydroxylation sites is 1. The smallest absolute Gasteiger partial charge is 0.0651 e. The van der Waals surface area contributed by atoms with Gasteiger partial charge in [-0.3, -0.25) is 4.98 Å². The van der Waals surface area contributed by atoms with E-state index in [9.17, 15) is 0 Å². The van der Waals surface area contributed by atoms with Gasteiger partial charge in [0, 0.05) is 42.3 Å². The number of hydrogen-bond donors (Lipinski definition) is 0. The second-order valence-electron chi connectivity index (χ2n) is 6.15. The Morgan fingerprint density at radius 1 is 1.00 bits per heavy atom. The second kappa shape index (κ2) is 5.58. The molecule has 22 heavy (non-hydrogen) atoms. The lowest BCUT2D eigenvalue weighted by Gasteiger charge is -2.13. The summed E-state index contributed by atoms with van der Waals surface area (Å²) < 4.78 is 2.48. The highest BCUT2D eigenvalue weighted by Crippen LogP contribution is 2.29. The van der Waals surface area contributed by atoms with Gasteiger partial charge >= 0.3 is 0 Å². The molecule has 3 nitrogen and oxygen atoms in total. The molecule has 0 fully saturated rings. The summed E-state index contributed by atoms with van der Waals surface area (Å²) in [6.45, 7) is 3.14. The first-order valence-electron chi connectivity index (χ1n) is 8.00. The van der Waals surface area contributed by atoms with Crippen molar-refractivity contribution in [3.8, 4) is 0 Å². The summed E-state index contributed by atoms with van der Waals surface area (Å²) in [5.74, 6) is 0. The van der Waals surface area contributed by atoms with E-state index in [4.69, 9.17) is 0 Å². The van der Waals surface area contributed by atoms with E-state index in [0.717, 1.165) is 38.2 Å². The number of nitrogens with zero attached hydrogens (tertiary/aromatic N) is 3. The van der Waals surface area contributed by atoms with Crippen LogP contribution in [0.25, 0.3) is 10.9 Å². The summed E-state index contributed by atoms with van der Waals surface area (Å²) in [5, 5.41) is 1.42. The molecule has 4 rings (SSSR count). The van der Waals surface area contributed by atoms with Gasteiger partial charge in [0.25, 0.3) is 0 Å².